The highest BCUT2D eigenvalue weighted by molar-refractivity contribution is 5.78. The first-order chi connectivity index (χ1) is 9.03. The molecule has 1 N–H and O–H groups in total. The fraction of sp³-hybridized carbons (Fsp3) is 0.533. The summed E-state index contributed by atoms with van der Waals surface area (Å²) in [5.41, 5.74) is -0.0303. The predicted molar refractivity (Wildman–Crippen MR) is 74.8 cm³/mol. The zero-order valence-corrected chi connectivity index (χ0v) is 11.6. The van der Waals surface area contributed by atoms with Crippen molar-refractivity contribution in [1.82, 2.24) is 0 Å². The first kappa shape index (κ1) is 13.7. The molecule has 0 atom stereocenters. The smallest absolute Gasteiger partial charge is 0.348 e. The number of aliphatic carboxylic acids is 1. The number of nitrogens with zero attached hydrogens (tertiary/aromatic N) is 1. The minimum absolute atomic E-state index is 0.592. The van der Waals surface area contributed by atoms with Gasteiger partial charge < -0.3 is 14.7 Å². The minimum Gasteiger partial charge on any atom is -0.478 e. The van der Waals surface area contributed by atoms with Gasteiger partial charge in [0.25, 0.3) is 0 Å². The van der Waals surface area contributed by atoms with Crippen LogP contribution in [0.1, 0.15) is 32.1 Å². The lowest BCUT2D eigenvalue weighted by Gasteiger charge is -2.33. The third kappa shape index (κ3) is 3.00. The summed E-state index contributed by atoms with van der Waals surface area (Å²) in [5.74, 6) is -0.210. The molecule has 1 saturated carbocycles. The topological polar surface area (TPSA) is 49.8 Å². The van der Waals surface area contributed by atoms with Gasteiger partial charge in [-0.1, -0.05) is 12.5 Å². The van der Waals surface area contributed by atoms with Crippen molar-refractivity contribution in [3.05, 3.63) is 24.3 Å². The van der Waals surface area contributed by atoms with Crippen LogP contribution >= 0.6 is 0 Å². The van der Waals surface area contributed by atoms with Crippen LogP contribution in [0.2, 0.25) is 0 Å². The number of carboxylic acids is 1. The van der Waals surface area contributed by atoms with Crippen molar-refractivity contribution < 1.29 is 14.6 Å². The molecule has 19 heavy (non-hydrogen) atoms. The van der Waals surface area contributed by atoms with E-state index in [-0.39, 0.29) is 0 Å². The second-order valence-corrected chi connectivity index (χ2v) is 5.35. The predicted octanol–water partition coefficient (Wildman–Crippen LogP) is 2.92. The van der Waals surface area contributed by atoms with Gasteiger partial charge in [0.15, 0.2) is 0 Å². The molecule has 0 heterocycles. The van der Waals surface area contributed by atoms with Gasteiger partial charge >= 0.3 is 5.97 Å². The molecule has 0 radical (unpaired) electrons. The average Bonchev–Trinajstić information content (AvgIpc) is 2.40. The van der Waals surface area contributed by atoms with E-state index in [0.29, 0.717) is 18.6 Å². The quantitative estimate of drug-likeness (QED) is 0.907. The highest BCUT2D eigenvalue weighted by Crippen LogP contribution is 2.34. The Kier molecular flexibility index (Phi) is 3.98. The minimum atomic E-state index is -1.04. The molecule has 0 bridgehead atoms. The second kappa shape index (κ2) is 5.51. The zero-order valence-electron chi connectivity index (χ0n) is 11.6. The van der Waals surface area contributed by atoms with Crippen LogP contribution in [0.3, 0.4) is 0 Å². The largest absolute Gasteiger partial charge is 0.478 e. The van der Waals surface area contributed by atoms with Gasteiger partial charge in [0, 0.05) is 25.8 Å². The van der Waals surface area contributed by atoms with Crippen LogP contribution < -0.4 is 9.64 Å². The van der Waals surface area contributed by atoms with Crippen LogP contribution in [0.25, 0.3) is 0 Å². The molecule has 2 rings (SSSR count). The second-order valence-electron chi connectivity index (χ2n) is 5.35. The van der Waals surface area contributed by atoms with Gasteiger partial charge in [0.1, 0.15) is 5.75 Å². The van der Waals surface area contributed by atoms with Crippen LogP contribution in [0.4, 0.5) is 5.69 Å². The Morgan fingerprint density at radius 2 is 1.95 bits per heavy atom. The maximum absolute atomic E-state index is 11.6. The SMILES string of the molecule is CN(C)c1cccc(OC2(C(=O)O)CCCCC2)c1. The van der Waals surface area contributed by atoms with E-state index >= 15 is 0 Å². The van der Waals surface area contributed by atoms with Gasteiger partial charge in [-0.2, -0.15) is 0 Å². The van der Waals surface area contributed by atoms with Gasteiger partial charge in [-0.3, -0.25) is 0 Å². The first-order valence-electron chi connectivity index (χ1n) is 6.73. The summed E-state index contributed by atoms with van der Waals surface area (Å²) < 4.78 is 5.87. The Bertz CT molecular complexity index is 450. The number of rotatable bonds is 4. The summed E-state index contributed by atoms with van der Waals surface area (Å²) in [5, 5.41) is 9.49. The molecule has 1 aromatic carbocycles. The normalized spacial score (nSPS) is 17.8. The summed E-state index contributed by atoms with van der Waals surface area (Å²) in [6.07, 6.45) is 4.11. The molecule has 1 fully saturated rings. The Morgan fingerprint density at radius 1 is 1.26 bits per heavy atom. The molecule has 0 spiro atoms. The zero-order chi connectivity index (χ0) is 13.9. The van der Waals surface area contributed by atoms with Crippen molar-refractivity contribution in [2.75, 3.05) is 19.0 Å². The van der Waals surface area contributed by atoms with E-state index in [1.807, 2.05) is 43.3 Å². The number of anilines is 1. The molecule has 104 valence electrons. The van der Waals surface area contributed by atoms with Crippen LogP contribution in [-0.4, -0.2) is 30.8 Å². The maximum Gasteiger partial charge on any atom is 0.348 e. The molecule has 0 unspecified atom stereocenters. The fourth-order valence-corrected chi connectivity index (χ4v) is 2.53. The monoisotopic (exact) mass is 263 g/mol. The van der Waals surface area contributed by atoms with Crippen molar-refractivity contribution in [2.45, 2.75) is 37.7 Å². The molecule has 0 aliphatic heterocycles. The van der Waals surface area contributed by atoms with Crippen LogP contribution in [-0.2, 0) is 4.79 Å². The van der Waals surface area contributed by atoms with Crippen molar-refractivity contribution >= 4 is 11.7 Å². The Balaban J connectivity index is 2.22. The van der Waals surface area contributed by atoms with Gasteiger partial charge in [-0.25, -0.2) is 4.79 Å². The molecule has 1 aliphatic rings. The van der Waals surface area contributed by atoms with Crippen molar-refractivity contribution in [3.8, 4) is 5.75 Å². The van der Waals surface area contributed by atoms with Gasteiger partial charge in [-0.15, -0.1) is 0 Å². The van der Waals surface area contributed by atoms with Crippen LogP contribution in [0.5, 0.6) is 5.75 Å². The molecular weight excluding hydrogens is 242 g/mol. The van der Waals surface area contributed by atoms with E-state index in [4.69, 9.17) is 4.74 Å². The van der Waals surface area contributed by atoms with E-state index < -0.39 is 11.6 Å². The molecular formula is C15H21NO3. The van der Waals surface area contributed by atoms with Crippen LogP contribution in [0.15, 0.2) is 24.3 Å². The summed E-state index contributed by atoms with van der Waals surface area (Å²) in [7, 11) is 3.90. The highest BCUT2D eigenvalue weighted by atomic mass is 16.5. The van der Waals surface area contributed by atoms with Crippen molar-refractivity contribution in [2.24, 2.45) is 0 Å². The van der Waals surface area contributed by atoms with Gasteiger partial charge in [-0.05, 0) is 37.8 Å². The number of carbonyl (C=O) groups is 1. The summed E-state index contributed by atoms with van der Waals surface area (Å²) >= 11 is 0. The third-order valence-electron chi connectivity index (χ3n) is 3.70. The first-order valence-corrected chi connectivity index (χ1v) is 6.73. The number of benzene rings is 1. The van der Waals surface area contributed by atoms with E-state index in [9.17, 15) is 9.90 Å². The summed E-state index contributed by atoms with van der Waals surface area (Å²) in [4.78, 5) is 13.5. The highest BCUT2D eigenvalue weighted by Gasteiger charge is 2.42. The standard InChI is InChI=1S/C15H21NO3/c1-16(2)12-7-6-8-13(11-12)19-15(14(17)18)9-4-3-5-10-15/h6-8,11H,3-5,9-10H2,1-2H3,(H,17,18). The molecule has 1 aliphatic carbocycles. The molecule has 4 heteroatoms. The molecule has 1 aromatic rings. The lowest BCUT2D eigenvalue weighted by molar-refractivity contribution is -0.158. The Hall–Kier alpha value is -1.71. The maximum atomic E-state index is 11.6. The Morgan fingerprint density at radius 3 is 2.53 bits per heavy atom. The number of carboxylic acid groups (broad SMARTS) is 1. The molecule has 0 saturated heterocycles. The fourth-order valence-electron chi connectivity index (χ4n) is 2.53. The lowest BCUT2D eigenvalue weighted by atomic mass is 9.84. The average molecular weight is 263 g/mol. The molecule has 0 aromatic heterocycles. The van der Waals surface area contributed by atoms with Crippen molar-refractivity contribution in [1.29, 1.82) is 0 Å². The number of hydrogen-bond acceptors (Lipinski definition) is 3. The summed E-state index contributed by atoms with van der Waals surface area (Å²) in [6, 6.07) is 7.58. The lowest BCUT2D eigenvalue weighted by Crippen LogP contribution is -2.46. The van der Waals surface area contributed by atoms with Crippen LogP contribution in [0, 0.1) is 0 Å². The summed E-state index contributed by atoms with van der Waals surface area (Å²) in [6.45, 7) is 0. The Labute approximate surface area is 114 Å². The van der Waals surface area contributed by atoms with Crippen molar-refractivity contribution in [3.63, 3.8) is 0 Å². The van der Waals surface area contributed by atoms with E-state index in [1.165, 1.54) is 0 Å². The third-order valence-corrected chi connectivity index (χ3v) is 3.70. The van der Waals surface area contributed by atoms with E-state index in [0.717, 1.165) is 24.9 Å². The molecule has 0 amide bonds. The van der Waals surface area contributed by atoms with Gasteiger partial charge in [0.2, 0.25) is 5.60 Å². The van der Waals surface area contributed by atoms with E-state index in [2.05, 4.69) is 0 Å². The van der Waals surface area contributed by atoms with E-state index in [1.54, 1.807) is 0 Å². The number of hydrogen-bond donors (Lipinski definition) is 1. The number of ether oxygens (including phenoxy) is 1. The van der Waals surface area contributed by atoms with Gasteiger partial charge in [0.05, 0.1) is 0 Å². The molecule has 4 nitrogen and oxygen atoms in total.